The fraction of sp³-hybridized carbons (Fsp3) is 0.308. The quantitative estimate of drug-likeness (QED) is 0.863. The van der Waals surface area contributed by atoms with Gasteiger partial charge in [-0.25, -0.2) is 9.78 Å². The highest BCUT2D eigenvalue weighted by Gasteiger charge is 2.21. The molecule has 1 heterocycles. The predicted molar refractivity (Wildman–Crippen MR) is 69.4 cm³/mol. The Morgan fingerprint density at radius 2 is 1.94 bits per heavy atom. The molecule has 2 N–H and O–H groups in total. The molecule has 2 aromatic rings. The number of hydrogen-bond donors (Lipinski definition) is 2. The number of carboxylic acids is 1. The summed E-state index contributed by atoms with van der Waals surface area (Å²) in [4.78, 5) is 19.7. The van der Waals surface area contributed by atoms with Gasteiger partial charge in [0.25, 0.3) is 0 Å². The average Bonchev–Trinajstić information content (AvgIpc) is 2.35. The molecule has 0 aliphatic carbocycles. The highest BCUT2D eigenvalue weighted by atomic mass is 16.4. The number of para-hydroxylation sites is 2. The Balaban J connectivity index is 2.28. The van der Waals surface area contributed by atoms with Gasteiger partial charge in [-0.05, 0) is 18.1 Å². The number of fused-ring (bicyclic) bond motifs is 1. The van der Waals surface area contributed by atoms with Crippen LogP contribution in [0.3, 0.4) is 0 Å². The van der Waals surface area contributed by atoms with E-state index in [1.807, 2.05) is 38.1 Å². The van der Waals surface area contributed by atoms with Crippen molar-refractivity contribution in [1.82, 2.24) is 9.97 Å². The largest absolute Gasteiger partial charge is 0.480 e. The van der Waals surface area contributed by atoms with Crippen molar-refractivity contribution in [2.24, 2.45) is 5.92 Å². The minimum atomic E-state index is -0.889. The smallest absolute Gasteiger partial charge is 0.326 e. The van der Waals surface area contributed by atoms with Gasteiger partial charge in [-0.15, -0.1) is 0 Å². The summed E-state index contributed by atoms with van der Waals surface area (Å²) in [5.41, 5.74) is 1.54. The van der Waals surface area contributed by atoms with Gasteiger partial charge in [-0.1, -0.05) is 26.0 Å². The van der Waals surface area contributed by atoms with Gasteiger partial charge in [0.15, 0.2) is 0 Å². The molecule has 1 aromatic heterocycles. The summed E-state index contributed by atoms with van der Waals surface area (Å²) in [7, 11) is 0. The van der Waals surface area contributed by atoms with Crippen molar-refractivity contribution in [3.05, 3.63) is 30.5 Å². The number of rotatable bonds is 4. The maximum atomic E-state index is 11.1. The highest BCUT2D eigenvalue weighted by molar-refractivity contribution is 5.79. The number of nitrogens with zero attached hydrogens (tertiary/aromatic N) is 2. The second-order valence-corrected chi connectivity index (χ2v) is 4.45. The third-order valence-electron chi connectivity index (χ3n) is 2.68. The molecular weight excluding hydrogens is 230 g/mol. The first kappa shape index (κ1) is 12.3. The second-order valence-electron chi connectivity index (χ2n) is 4.45. The van der Waals surface area contributed by atoms with Crippen molar-refractivity contribution < 1.29 is 9.90 Å². The summed E-state index contributed by atoms with van der Waals surface area (Å²) in [6, 6.07) is 6.80. The zero-order valence-corrected chi connectivity index (χ0v) is 10.3. The van der Waals surface area contributed by atoms with Gasteiger partial charge in [-0.2, -0.15) is 0 Å². The van der Waals surface area contributed by atoms with Crippen LogP contribution in [0.1, 0.15) is 13.8 Å². The normalized spacial score (nSPS) is 12.6. The Morgan fingerprint density at radius 1 is 1.28 bits per heavy atom. The second kappa shape index (κ2) is 5.00. The fourth-order valence-electron chi connectivity index (χ4n) is 1.70. The topological polar surface area (TPSA) is 75.1 Å². The van der Waals surface area contributed by atoms with Crippen LogP contribution in [-0.2, 0) is 4.79 Å². The molecule has 0 aliphatic heterocycles. The number of anilines is 1. The molecule has 0 aliphatic rings. The van der Waals surface area contributed by atoms with Gasteiger partial charge >= 0.3 is 5.97 Å². The van der Waals surface area contributed by atoms with Crippen molar-refractivity contribution in [1.29, 1.82) is 0 Å². The van der Waals surface area contributed by atoms with Crippen LogP contribution in [0.5, 0.6) is 0 Å². The molecule has 5 heteroatoms. The first-order valence-corrected chi connectivity index (χ1v) is 5.79. The van der Waals surface area contributed by atoms with E-state index in [2.05, 4.69) is 15.3 Å². The van der Waals surface area contributed by atoms with Crippen molar-refractivity contribution in [3.8, 4) is 0 Å². The number of aromatic nitrogens is 2. The van der Waals surface area contributed by atoms with Crippen LogP contribution in [0.4, 0.5) is 5.82 Å². The first-order valence-electron chi connectivity index (χ1n) is 5.79. The number of carbonyl (C=O) groups is 1. The van der Waals surface area contributed by atoms with E-state index in [0.717, 1.165) is 11.0 Å². The number of aliphatic carboxylic acids is 1. The summed E-state index contributed by atoms with van der Waals surface area (Å²) in [5.74, 6) is -0.439. The molecule has 1 aromatic carbocycles. The van der Waals surface area contributed by atoms with Gasteiger partial charge < -0.3 is 10.4 Å². The van der Waals surface area contributed by atoms with Crippen LogP contribution in [-0.4, -0.2) is 27.1 Å². The lowest BCUT2D eigenvalue weighted by Crippen LogP contribution is -2.34. The SMILES string of the molecule is CC(C)[C@@H](Nc1cnc2ccccc2n1)C(=O)O. The molecule has 18 heavy (non-hydrogen) atoms. The van der Waals surface area contributed by atoms with E-state index in [1.54, 1.807) is 6.20 Å². The van der Waals surface area contributed by atoms with Gasteiger partial charge in [0.1, 0.15) is 11.9 Å². The monoisotopic (exact) mass is 245 g/mol. The molecule has 5 nitrogen and oxygen atoms in total. The van der Waals surface area contributed by atoms with E-state index >= 15 is 0 Å². The Hall–Kier alpha value is -2.17. The van der Waals surface area contributed by atoms with Crippen molar-refractivity contribution >= 4 is 22.8 Å². The summed E-state index contributed by atoms with van der Waals surface area (Å²) in [6.07, 6.45) is 1.56. The van der Waals surface area contributed by atoms with Crippen LogP contribution in [0.25, 0.3) is 11.0 Å². The van der Waals surface area contributed by atoms with Gasteiger partial charge in [0.2, 0.25) is 0 Å². The van der Waals surface area contributed by atoms with Crippen molar-refractivity contribution in [2.75, 3.05) is 5.32 Å². The molecule has 0 spiro atoms. The lowest BCUT2D eigenvalue weighted by atomic mass is 10.1. The molecule has 2 rings (SSSR count). The number of nitrogens with one attached hydrogen (secondary N) is 1. The maximum absolute atomic E-state index is 11.1. The molecule has 0 unspecified atom stereocenters. The first-order chi connectivity index (χ1) is 8.58. The zero-order chi connectivity index (χ0) is 13.1. The molecule has 0 radical (unpaired) electrons. The van der Waals surface area contributed by atoms with E-state index in [-0.39, 0.29) is 5.92 Å². The molecule has 0 bridgehead atoms. The third-order valence-corrected chi connectivity index (χ3v) is 2.68. The van der Waals surface area contributed by atoms with Crippen molar-refractivity contribution in [2.45, 2.75) is 19.9 Å². The summed E-state index contributed by atoms with van der Waals surface area (Å²) >= 11 is 0. The van der Waals surface area contributed by atoms with Gasteiger partial charge in [0, 0.05) is 0 Å². The fourth-order valence-corrected chi connectivity index (χ4v) is 1.70. The average molecular weight is 245 g/mol. The van der Waals surface area contributed by atoms with Crippen LogP contribution in [0.15, 0.2) is 30.5 Å². The van der Waals surface area contributed by atoms with E-state index in [0.29, 0.717) is 5.82 Å². The third kappa shape index (κ3) is 2.56. The molecule has 1 atom stereocenters. The molecule has 0 fully saturated rings. The Labute approximate surface area is 105 Å². The number of benzene rings is 1. The summed E-state index contributed by atoms with van der Waals surface area (Å²) < 4.78 is 0. The Kier molecular flexibility index (Phi) is 3.41. The maximum Gasteiger partial charge on any atom is 0.326 e. The Bertz CT molecular complexity index is 569. The van der Waals surface area contributed by atoms with Crippen LogP contribution >= 0.6 is 0 Å². The molecular formula is C13H15N3O2. The van der Waals surface area contributed by atoms with Gasteiger partial charge in [0.05, 0.1) is 17.2 Å². The van der Waals surface area contributed by atoms with Crippen molar-refractivity contribution in [3.63, 3.8) is 0 Å². The molecule has 0 amide bonds. The van der Waals surface area contributed by atoms with E-state index in [1.165, 1.54) is 0 Å². The van der Waals surface area contributed by atoms with Crippen LogP contribution < -0.4 is 5.32 Å². The standard InChI is InChI=1S/C13H15N3O2/c1-8(2)12(13(17)18)16-11-7-14-9-5-3-4-6-10(9)15-11/h3-8,12H,1-2H3,(H,15,16)(H,17,18)/t12-/m1/s1. The lowest BCUT2D eigenvalue weighted by Gasteiger charge is -2.18. The van der Waals surface area contributed by atoms with Crippen LogP contribution in [0, 0.1) is 5.92 Å². The summed E-state index contributed by atoms with van der Waals surface area (Å²) in [5, 5.41) is 12.0. The zero-order valence-electron chi connectivity index (χ0n) is 10.3. The minimum Gasteiger partial charge on any atom is -0.480 e. The van der Waals surface area contributed by atoms with E-state index in [9.17, 15) is 4.79 Å². The van der Waals surface area contributed by atoms with Gasteiger partial charge in [-0.3, -0.25) is 4.98 Å². The predicted octanol–water partition coefficient (Wildman–Crippen LogP) is 2.15. The summed E-state index contributed by atoms with van der Waals surface area (Å²) in [6.45, 7) is 3.69. The molecule has 0 saturated carbocycles. The minimum absolute atomic E-state index is 0.0317. The number of hydrogen-bond acceptors (Lipinski definition) is 4. The molecule has 0 saturated heterocycles. The molecule has 94 valence electrons. The Morgan fingerprint density at radius 3 is 2.56 bits per heavy atom. The van der Waals surface area contributed by atoms with E-state index in [4.69, 9.17) is 5.11 Å². The highest BCUT2D eigenvalue weighted by Crippen LogP contribution is 2.14. The lowest BCUT2D eigenvalue weighted by molar-refractivity contribution is -0.138. The number of carboxylic acid groups (broad SMARTS) is 1. The van der Waals surface area contributed by atoms with Crippen LogP contribution in [0.2, 0.25) is 0 Å². The van der Waals surface area contributed by atoms with E-state index < -0.39 is 12.0 Å².